The van der Waals surface area contributed by atoms with Gasteiger partial charge < -0.3 is 5.32 Å². The van der Waals surface area contributed by atoms with Crippen LogP contribution < -0.4 is 5.32 Å². The summed E-state index contributed by atoms with van der Waals surface area (Å²) in [6, 6.07) is 7.34. The van der Waals surface area contributed by atoms with Crippen LogP contribution in [-0.4, -0.2) is 16.9 Å². The van der Waals surface area contributed by atoms with E-state index in [2.05, 4.69) is 5.32 Å². The molecule has 0 bridgehead atoms. The third-order valence-corrected chi connectivity index (χ3v) is 6.39. The Labute approximate surface area is 127 Å². The van der Waals surface area contributed by atoms with Crippen LogP contribution in [0.5, 0.6) is 0 Å². The van der Waals surface area contributed by atoms with Gasteiger partial charge in [-0.3, -0.25) is 4.79 Å². The number of para-hydroxylation sites is 1. The lowest BCUT2D eigenvalue weighted by Crippen LogP contribution is -2.11. The second kappa shape index (κ2) is 8.08. The predicted molar refractivity (Wildman–Crippen MR) is 87.0 cm³/mol. The fourth-order valence-electron chi connectivity index (χ4n) is 2.00. The molecule has 1 heterocycles. The quantitative estimate of drug-likeness (QED) is 0.592. The standard InChI is InChI=1S/C14H18ClNOS2/c15-12-6-2-3-7-13(12)16-14(17)8-4-1-5-11-9-10-18-19-11/h2-3,6-7,11H,1,4-5,8-10H2,(H,16,17). The first-order valence-corrected chi connectivity index (χ1v) is 9.34. The largest absolute Gasteiger partial charge is 0.325 e. The van der Waals surface area contributed by atoms with Crippen molar-refractivity contribution in [2.75, 3.05) is 11.1 Å². The summed E-state index contributed by atoms with van der Waals surface area (Å²) in [5, 5.41) is 4.25. The zero-order chi connectivity index (χ0) is 13.5. The Morgan fingerprint density at radius 1 is 1.37 bits per heavy atom. The lowest BCUT2D eigenvalue weighted by Gasteiger charge is -2.08. The van der Waals surface area contributed by atoms with E-state index in [1.165, 1.54) is 18.6 Å². The minimum Gasteiger partial charge on any atom is -0.325 e. The van der Waals surface area contributed by atoms with Crippen molar-refractivity contribution >= 4 is 44.8 Å². The fourth-order valence-corrected chi connectivity index (χ4v) is 5.21. The minimum absolute atomic E-state index is 0.0570. The molecule has 1 fully saturated rings. The summed E-state index contributed by atoms with van der Waals surface area (Å²) in [6.07, 6.45) is 5.22. The van der Waals surface area contributed by atoms with E-state index in [1.54, 1.807) is 6.07 Å². The lowest BCUT2D eigenvalue weighted by atomic mass is 10.1. The normalized spacial score (nSPS) is 18.5. The Kier molecular flexibility index (Phi) is 6.41. The summed E-state index contributed by atoms with van der Waals surface area (Å²) in [7, 11) is 3.98. The number of hydrogen-bond donors (Lipinski definition) is 1. The van der Waals surface area contributed by atoms with Crippen LogP contribution >= 0.6 is 33.2 Å². The molecule has 0 radical (unpaired) electrons. The molecule has 1 saturated heterocycles. The third kappa shape index (κ3) is 5.28. The molecular formula is C14H18ClNOS2. The van der Waals surface area contributed by atoms with Gasteiger partial charge in [0.2, 0.25) is 5.91 Å². The van der Waals surface area contributed by atoms with Crippen molar-refractivity contribution in [1.29, 1.82) is 0 Å². The summed E-state index contributed by atoms with van der Waals surface area (Å²) in [4.78, 5) is 11.8. The number of benzene rings is 1. The molecule has 1 unspecified atom stereocenters. The first kappa shape index (κ1) is 15.1. The maximum Gasteiger partial charge on any atom is 0.224 e. The monoisotopic (exact) mass is 315 g/mol. The zero-order valence-electron chi connectivity index (χ0n) is 10.7. The van der Waals surface area contributed by atoms with Crippen molar-refractivity contribution in [3.8, 4) is 0 Å². The van der Waals surface area contributed by atoms with E-state index in [0.717, 1.165) is 18.1 Å². The molecule has 1 N–H and O–H groups in total. The van der Waals surface area contributed by atoms with E-state index in [9.17, 15) is 4.79 Å². The van der Waals surface area contributed by atoms with Gasteiger partial charge in [-0.2, -0.15) is 0 Å². The van der Waals surface area contributed by atoms with E-state index in [0.29, 0.717) is 17.1 Å². The highest BCUT2D eigenvalue weighted by atomic mass is 35.5. The van der Waals surface area contributed by atoms with Gasteiger partial charge in [-0.1, -0.05) is 51.7 Å². The SMILES string of the molecule is O=C(CCCCC1CCSS1)Nc1ccccc1Cl. The van der Waals surface area contributed by atoms with Gasteiger partial charge in [0.25, 0.3) is 0 Å². The lowest BCUT2D eigenvalue weighted by molar-refractivity contribution is -0.116. The molecule has 2 nitrogen and oxygen atoms in total. The van der Waals surface area contributed by atoms with Gasteiger partial charge in [-0.15, -0.1) is 0 Å². The van der Waals surface area contributed by atoms with Crippen LogP contribution in [0, 0.1) is 0 Å². The van der Waals surface area contributed by atoms with Crippen molar-refractivity contribution in [3.63, 3.8) is 0 Å². The third-order valence-electron chi connectivity index (χ3n) is 3.06. The number of hydrogen-bond acceptors (Lipinski definition) is 3. The molecule has 1 aromatic carbocycles. The highest BCUT2D eigenvalue weighted by Gasteiger charge is 2.15. The van der Waals surface area contributed by atoms with Crippen molar-refractivity contribution in [1.82, 2.24) is 0 Å². The average Bonchev–Trinajstić information content (AvgIpc) is 2.91. The molecule has 104 valence electrons. The number of nitrogens with one attached hydrogen (secondary N) is 1. The number of unbranched alkanes of at least 4 members (excludes halogenated alkanes) is 1. The van der Waals surface area contributed by atoms with Crippen LogP contribution in [0.1, 0.15) is 32.1 Å². The first-order chi connectivity index (χ1) is 9.25. The molecule has 5 heteroatoms. The molecule has 1 atom stereocenters. The van der Waals surface area contributed by atoms with Crippen molar-refractivity contribution < 1.29 is 4.79 Å². The van der Waals surface area contributed by atoms with E-state index in [1.807, 2.05) is 39.8 Å². The highest BCUT2D eigenvalue weighted by Crippen LogP contribution is 2.39. The molecule has 0 spiro atoms. The highest BCUT2D eigenvalue weighted by molar-refractivity contribution is 8.77. The van der Waals surface area contributed by atoms with Crippen molar-refractivity contribution in [2.24, 2.45) is 0 Å². The van der Waals surface area contributed by atoms with Crippen LogP contribution in [0.25, 0.3) is 0 Å². The topological polar surface area (TPSA) is 29.1 Å². The molecule has 0 saturated carbocycles. The van der Waals surface area contributed by atoms with Gasteiger partial charge in [0.1, 0.15) is 0 Å². The number of carbonyl (C=O) groups excluding carboxylic acids is 1. The van der Waals surface area contributed by atoms with Gasteiger partial charge in [-0.05, 0) is 31.4 Å². The second-order valence-electron chi connectivity index (χ2n) is 4.60. The average molecular weight is 316 g/mol. The van der Waals surface area contributed by atoms with E-state index in [-0.39, 0.29) is 5.91 Å². The van der Waals surface area contributed by atoms with Gasteiger partial charge in [0.05, 0.1) is 10.7 Å². The summed E-state index contributed by atoms with van der Waals surface area (Å²) in [6.45, 7) is 0. The molecule has 1 amide bonds. The number of anilines is 1. The Morgan fingerprint density at radius 3 is 2.95 bits per heavy atom. The van der Waals surface area contributed by atoms with Crippen molar-refractivity contribution in [3.05, 3.63) is 29.3 Å². The summed E-state index contributed by atoms with van der Waals surface area (Å²) in [5.41, 5.74) is 0.705. The maximum atomic E-state index is 11.8. The summed E-state index contributed by atoms with van der Waals surface area (Å²) in [5.74, 6) is 1.34. The Hall–Kier alpha value is -0.320. The molecule has 1 aliphatic heterocycles. The Morgan fingerprint density at radius 2 is 2.21 bits per heavy atom. The van der Waals surface area contributed by atoms with Gasteiger partial charge in [0, 0.05) is 17.4 Å². The summed E-state index contributed by atoms with van der Waals surface area (Å²) < 4.78 is 0. The summed E-state index contributed by atoms with van der Waals surface area (Å²) >= 11 is 6.00. The van der Waals surface area contributed by atoms with Crippen molar-refractivity contribution in [2.45, 2.75) is 37.4 Å². The maximum absolute atomic E-state index is 11.8. The van der Waals surface area contributed by atoms with Gasteiger partial charge >= 0.3 is 0 Å². The molecule has 2 rings (SSSR count). The molecule has 0 aromatic heterocycles. The molecule has 1 aromatic rings. The number of halogens is 1. The molecule has 0 aliphatic carbocycles. The minimum atomic E-state index is 0.0570. The molecular weight excluding hydrogens is 298 g/mol. The smallest absolute Gasteiger partial charge is 0.224 e. The predicted octanol–water partition coefficient (Wildman–Crippen LogP) is 4.99. The van der Waals surface area contributed by atoms with Crippen LogP contribution in [0.2, 0.25) is 5.02 Å². The van der Waals surface area contributed by atoms with E-state index in [4.69, 9.17) is 11.6 Å². The fraction of sp³-hybridized carbons (Fsp3) is 0.500. The van der Waals surface area contributed by atoms with Gasteiger partial charge in [0.15, 0.2) is 0 Å². The van der Waals surface area contributed by atoms with E-state index < -0.39 is 0 Å². The Balaban J connectivity index is 1.63. The van der Waals surface area contributed by atoms with Crippen LogP contribution in [0.15, 0.2) is 24.3 Å². The Bertz CT molecular complexity index is 422. The second-order valence-corrected chi connectivity index (χ2v) is 7.80. The molecule has 19 heavy (non-hydrogen) atoms. The number of carbonyl (C=O) groups is 1. The van der Waals surface area contributed by atoms with Crippen LogP contribution in [0.4, 0.5) is 5.69 Å². The zero-order valence-corrected chi connectivity index (χ0v) is 13.1. The van der Waals surface area contributed by atoms with Crippen LogP contribution in [-0.2, 0) is 4.79 Å². The first-order valence-electron chi connectivity index (χ1n) is 6.58. The van der Waals surface area contributed by atoms with Crippen LogP contribution in [0.3, 0.4) is 0 Å². The van der Waals surface area contributed by atoms with E-state index >= 15 is 0 Å². The van der Waals surface area contributed by atoms with Gasteiger partial charge in [-0.25, -0.2) is 0 Å². The molecule has 1 aliphatic rings. The number of rotatable bonds is 6. The number of amides is 1.